The Bertz CT molecular complexity index is 785. The number of piperidine rings is 1. The summed E-state index contributed by atoms with van der Waals surface area (Å²) in [4.78, 5) is 27.5. The normalized spacial score (nSPS) is 16.4. The molecule has 0 radical (unpaired) electrons. The number of likely N-dealkylation sites (tertiary alicyclic amines) is 1. The van der Waals surface area contributed by atoms with Crippen molar-refractivity contribution in [2.75, 3.05) is 18.4 Å². The maximum absolute atomic E-state index is 12.9. The molecule has 2 aromatic carbocycles. The Hall–Kier alpha value is -2.66. The van der Waals surface area contributed by atoms with Crippen molar-refractivity contribution in [3.05, 3.63) is 65.7 Å². The minimum atomic E-state index is -0.425. The molecule has 3 rings (SSSR count). The third kappa shape index (κ3) is 4.55. The molecule has 2 unspecified atom stereocenters. The van der Waals surface area contributed by atoms with E-state index in [9.17, 15) is 9.59 Å². The minimum Gasteiger partial charge on any atom is -0.339 e. The number of carbonyl (C=O) groups excluding carboxylic acids is 2. The minimum absolute atomic E-state index is 0.0226. The van der Waals surface area contributed by atoms with E-state index in [0.717, 1.165) is 37.9 Å². The van der Waals surface area contributed by atoms with Crippen LogP contribution in [0.4, 0.5) is 5.69 Å². The van der Waals surface area contributed by atoms with Gasteiger partial charge in [-0.15, -0.1) is 0 Å². The lowest BCUT2D eigenvalue weighted by Crippen LogP contribution is -2.36. The van der Waals surface area contributed by atoms with E-state index in [2.05, 4.69) is 5.32 Å². The van der Waals surface area contributed by atoms with E-state index in [-0.39, 0.29) is 11.8 Å². The molecule has 0 aromatic heterocycles. The number of anilines is 1. The maximum atomic E-state index is 12.9. The molecule has 1 heterocycles. The van der Waals surface area contributed by atoms with E-state index >= 15 is 0 Å². The number of nitrogens with two attached hydrogens (primary N) is 1. The summed E-state index contributed by atoms with van der Waals surface area (Å²) in [5.74, 6) is -0.638. The van der Waals surface area contributed by atoms with Crippen LogP contribution in [0.15, 0.2) is 54.6 Å². The van der Waals surface area contributed by atoms with Crippen molar-refractivity contribution in [1.82, 2.24) is 4.90 Å². The van der Waals surface area contributed by atoms with E-state index in [1.54, 1.807) is 12.1 Å². The van der Waals surface area contributed by atoms with E-state index in [1.807, 2.05) is 54.3 Å². The number of benzene rings is 2. The van der Waals surface area contributed by atoms with Crippen LogP contribution >= 0.6 is 0 Å². The van der Waals surface area contributed by atoms with Gasteiger partial charge in [0.2, 0.25) is 5.91 Å². The van der Waals surface area contributed by atoms with Gasteiger partial charge in [-0.25, -0.2) is 0 Å². The topological polar surface area (TPSA) is 75.4 Å². The lowest BCUT2D eigenvalue weighted by molar-refractivity contribution is -0.120. The van der Waals surface area contributed by atoms with Gasteiger partial charge in [-0.3, -0.25) is 9.59 Å². The van der Waals surface area contributed by atoms with Crippen molar-refractivity contribution in [1.29, 1.82) is 0 Å². The van der Waals surface area contributed by atoms with Crippen LogP contribution in [0.25, 0.3) is 0 Å². The molecule has 5 nitrogen and oxygen atoms in total. The summed E-state index contributed by atoms with van der Waals surface area (Å²) in [6.45, 7) is 3.36. The SMILES string of the molecule is CC(C(=O)Nc1ccccc1C(=O)N1CCCCC1)C(N)c1ccccc1. The summed E-state index contributed by atoms with van der Waals surface area (Å²) < 4.78 is 0. The largest absolute Gasteiger partial charge is 0.339 e. The molecule has 0 bridgehead atoms. The standard InChI is InChI=1S/C22H27N3O2/c1-16(20(23)17-10-4-2-5-11-17)21(26)24-19-13-7-6-12-18(19)22(27)25-14-8-3-9-15-25/h2,4-7,10-13,16,20H,3,8-9,14-15,23H2,1H3,(H,24,26). The molecule has 2 amide bonds. The molecule has 1 aliphatic rings. The summed E-state index contributed by atoms with van der Waals surface area (Å²) in [5.41, 5.74) is 8.27. The van der Waals surface area contributed by atoms with E-state index in [1.165, 1.54) is 0 Å². The fourth-order valence-electron chi connectivity index (χ4n) is 3.42. The van der Waals surface area contributed by atoms with Gasteiger partial charge in [0.1, 0.15) is 0 Å². The van der Waals surface area contributed by atoms with E-state index < -0.39 is 12.0 Å². The number of nitrogens with one attached hydrogen (secondary N) is 1. The average molecular weight is 365 g/mol. The van der Waals surface area contributed by atoms with Crippen molar-refractivity contribution >= 4 is 17.5 Å². The first-order valence-electron chi connectivity index (χ1n) is 9.57. The van der Waals surface area contributed by atoms with Gasteiger partial charge in [-0.05, 0) is 37.0 Å². The second-order valence-corrected chi connectivity index (χ2v) is 7.11. The smallest absolute Gasteiger partial charge is 0.255 e. The third-order valence-corrected chi connectivity index (χ3v) is 5.20. The van der Waals surface area contributed by atoms with Gasteiger partial charge in [0.15, 0.2) is 0 Å². The number of amides is 2. The quantitative estimate of drug-likeness (QED) is 0.850. The summed E-state index contributed by atoms with van der Waals surface area (Å²) >= 11 is 0. The van der Waals surface area contributed by atoms with Crippen molar-refractivity contribution in [2.24, 2.45) is 11.7 Å². The third-order valence-electron chi connectivity index (χ3n) is 5.20. The second-order valence-electron chi connectivity index (χ2n) is 7.11. The Morgan fingerprint density at radius 1 is 0.963 bits per heavy atom. The first kappa shape index (κ1) is 19.1. The number of carbonyl (C=O) groups is 2. The van der Waals surface area contributed by atoms with Crippen molar-refractivity contribution in [3.8, 4) is 0 Å². The maximum Gasteiger partial charge on any atom is 0.255 e. The predicted octanol–water partition coefficient (Wildman–Crippen LogP) is 3.59. The molecular weight excluding hydrogens is 338 g/mol. The molecule has 2 atom stereocenters. The highest BCUT2D eigenvalue weighted by Crippen LogP contribution is 2.24. The average Bonchev–Trinajstić information content (AvgIpc) is 2.73. The zero-order chi connectivity index (χ0) is 19.2. The molecule has 27 heavy (non-hydrogen) atoms. The molecule has 142 valence electrons. The molecule has 1 aliphatic heterocycles. The Labute approximate surface area is 160 Å². The molecule has 0 spiro atoms. The van der Waals surface area contributed by atoms with Crippen LogP contribution in [-0.2, 0) is 4.79 Å². The first-order valence-corrected chi connectivity index (χ1v) is 9.57. The second kappa shape index (κ2) is 8.82. The highest BCUT2D eigenvalue weighted by atomic mass is 16.2. The highest BCUT2D eigenvalue weighted by molar-refractivity contribution is 6.04. The first-order chi connectivity index (χ1) is 13.1. The summed E-state index contributed by atoms with van der Waals surface area (Å²) in [5, 5.41) is 2.91. The number of nitrogens with zero attached hydrogens (tertiary/aromatic N) is 1. The molecule has 0 aliphatic carbocycles. The van der Waals surface area contributed by atoms with E-state index in [4.69, 9.17) is 5.73 Å². The fraction of sp³-hybridized carbons (Fsp3) is 0.364. The number of hydrogen-bond donors (Lipinski definition) is 2. The van der Waals surface area contributed by atoms with Gasteiger partial charge in [-0.1, -0.05) is 49.4 Å². The van der Waals surface area contributed by atoms with Crippen LogP contribution in [0.1, 0.15) is 48.1 Å². The van der Waals surface area contributed by atoms with Crippen molar-refractivity contribution in [2.45, 2.75) is 32.2 Å². The molecule has 2 aromatic rings. The van der Waals surface area contributed by atoms with Crippen molar-refractivity contribution in [3.63, 3.8) is 0 Å². The van der Waals surface area contributed by atoms with Gasteiger partial charge in [0.25, 0.3) is 5.91 Å². The van der Waals surface area contributed by atoms with Crippen LogP contribution in [-0.4, -0.2) is 29.8 Å². The summed E-state index contributed by atoms with van der Waals surface area (Å²) in [7, 11) is 0. The van der Waals surface area contributed by atoms with Crippen LogP contribution < -0.4 is 11.1 Å². The van der Waals surface area contributed by atoms with Crippen LogP contribution in [0.5, 0.6) is 0 Å². The summed E-state index contributed by atoms with van der Waals surface area (Å²) in [6.07, 6.45) is 3.23. The van der Waals surface area contributed by atoms with Gasteiger partial charge in [-0.2, -0.15) is 0 Å². The summed E-state index contributed by atoms with van der Waals surface area (Å²) in [6, 6.07) is 16.4. The molecule has 0 saturated carbocycles. The van der Waals surface area contributed by atoms with Gasteiger partial charge in [0.05, 0.1) is 17.2 Å². The van der Waals surface area contributed by atoms with Crippen LogP contribution in [0.3, 0.4) is 0 Å². The monoisotopic (exact) mass is 365 g/mol. The Kier molecular flexibility index (Phi) is 6.24. The highest BCUT2D eigenvalue weighted by Gasteiger charge is 2.25. The van der Waals surface area contributed by atoms with Crippen LogP contribution in [0.2, 0.25) is 0 Å². The Balaban J connectivity index is 1.73. The zero-order valence-electron chi connectivity index (χ0n) is 15.7. The van der Waals surface area contributed by atoms with Gasteiger partial charge >= 0.3 is 0 Å². The molecule has 3 N–H and O–H groups in total. The van der Waals surface area contributed by atoms with E-state index in [0.29, 0.717) is 11.3 Å². The lowest BCUT2D eigenvalue weighted by Gasteiger charge is -2.27. The zero-order valence-corrected chi connectivity index (χ0v) is 15.7. The molecule has 1 saturated heterocycles. The van der Waals surface area contributed by atoms with Gasteiger partial charge in [0, 0.05) is 19.1 Å². The lowest BCUT2D eigenvalue weighted by atomic mass is 9.94. The van der Waals surface area contributed by atoms with Crippen LogP contribution in [0, 0.1) is 5.92 Å². The molecular formula is C22H27N3O2. The predicted molar refractivity (Wildman–Crippen MR) is 107 cm³/mol. The Morgan fingerprint density at radius 2 is 1.59 bits per heavy atom. The molecule has 5 heteroatoms. The number of rotatable bonds is 5. The van der Waals surface area contributed by atoms with Gasteiger partial charge < -0.3 is 16.0 Å². The number of para-hydroxylation sites is 1. The van der Waals surface area contributed by atoms with Crippen molar-refractivity contribution < 1.29 is 9.59 Å². The molecule has 1 fully saturated rings. The number of hydrogen-bond acceptors (Lipinski definition) is 3. The fourth-order valence-corrected chi connectivity index (χ4v) is 3.42. The Morgan fingerprint density at radius 3 is 2.30 bits per heavy atom.